The summed E-state index contributed by atoms with van der Waals surface area (Å²) in [4.78, 5) is 0. The van der Waals surface area contributed by atoms with Crippen molar-refractivity contribution in [2.45, 2.75) is 71.6 Å². The van der Waals surface area contributed by atoms with E-state index in [9.17, 15) is 0 Å². The highest BCUT2D eigenvalue weighted by Crippen LogP contribution is 2.27. The van der Waals surface area contributed by atoms with Gasteiger partial charge in [-0.1, -0.05) is 44.4 Å². The van der Waals surface area contributed by atoms with Crippen molar-refractivity contribution in [1.82, 2.24) is 5.32 Å². The van der Waals surface area contributed by atoms with Crippen LogP contribution in [-0.2, 0) is 6.54 Å². The number of hydrogen-bond donors (Lipinski definition) is 1. The Hall–Kier alpha value is -1.02. The van der Waals surface area contributed by atoms with Crippen LogP contribution in [0.3, 0.4) is 0 Å². The molecule has 1 aromatic rings. The topological polar surface area (TPSA) is 21.3 Å². The number of benzene rings is 1. The molecule has 1 N–H and O–H groups in total. The lowest BCUT2D eigenvalue weighted by Gasteiger charge is -2.32. The van der Waals surface area contributed by atoms with Gasteiger partial charge in [-0.15, -0.1) is 0 Å². The molecule has 0 heterocycles. The molecule has 2 nitrogen and oxygen atoms in total. The van der Waals surface area contributed by atoms with Crippen LogP contribution in [0.1, 0.15) is 58.4 Å². The Bertz CT molecular complexity index is 402. The molecule has 112 valence electrons. The van der Waals surface area contributed by atoms with Crippen molar-refractivity contribution in [1.29, 1.82) is 0 Å². The van der Waals surface area contributed by atoms with Crippen LogP contribution in [0, 0.1) is 5.92 Å². The molecule has 1 aromatic carbocycles. The van der Waals surface area contributed by atoms with Gasteiger partial charge in [-0.25, -0.2) is 0 Å². The van der Waals surface area contributed by atoms with E-state index >= 15 is 0 Å². The first kappa shape index (κ1) is 15.4. The van der Waals surface area contributed by atoms with Crippen molar-refractivity contribution in [2.75, 3.05) is 0 Å². The molecule has 1 aliphatic carbocycles. The monoisotopic (exact) mass is 275 g/mol. The summed E-state index contributed by atoms with van der Waals surface area (Å²) in [6.45, 7) is 7.40. The second-order valence-corrected chi connectivity index (χ2v) is 6.21. The third kappa shape index (κ3) is 4.24. The SMILES string of the molecule is CCC1CCCCC1NCc1ccccc1OC(C)C. The molecule has 2 unspecified atom stereocenters. The number of ether oxygens (including phenoxy) is 1. The first-order valence-corrected chi connectivity index (χ1v) is 8.18. The molecule has 1 fully saturated rings. The second-order valence-electron chi connectivity index (χ2n) is 6.21. The lowest BCUT2D eigenvalue weighted by molar-refractivity contribution is 0.234. The van der Waals surface area contributed by atoms with Gasteiger partial charge in [0.15, 0.2) is 0 Å². The third-order valence-corrected chi connectivity index (χ3v) is 4.32. The molecular weight excluding hydrogens is 246 g/mol. The molecule has 0 radical (unpaired) electrons. The van der Waals surface area contributed by atoms with Crippen molar-refractivity contribution >= 4 is 0 Å². The van der Waals surface area contributed by atoms with Gasteiger partial charge < -0.3 is 10.1 Å². The summed E-state index contributed by atoms with van der Waals surface area (Å²) in [6, 6.07) is 9.09. The molecular formula is C18H29NO. The van der Waals surface area contributed by atoms with E-state index in [4.69, 9.17) is 4.74 Å². The van der Waals surface area contributed by atoms with Crippen molar-refractivity contribution < 1.29 is 4.74 Å². The van der Waals surface area contributed by atoms with Crippen LogP contribution in [0.4, 0.5) is 0 Å². The minimum absolute atomic E-state index is 0.231. The molecule has 2 heteroatoms. The maximum atomic E-state index is 5.90. The van der Waals surface area contributed by atoms with Gasteiger partial charge in [0.05, 0.1) is 6.10 Å². The van der Waals surface area contributed by atoms with Crippen molar-refractivity contribution in [3.8, 4) is 5.75 Å². The fraction of sp³-hybridized carbons (Fsp3) is 0.667. The zero-order valence-electron chi connectivity index (χ0n) is 13.2. The fourth-order valence-electron chi connectivity index (χ4n) is 3.22. The summed E-state index contributed by atoms with van der Waals surface area (Å²) in [5, 5.41) is 3.77. The van der Waals surface area contributed by atoms with E-state index < -0.39 is 0 Å². The van der Waals surface area contributed by atoms with Gasteiger partial charge in [-0.05, 0) is 38.7 Å². The van der Waals surface area contributed by atoms with E-state index in [1.807, 2.05) is 0 Å². The van der Waals surface area contributed by atoms with Crippen LogP contribution in [-0.4, -0.2) is 12.1 Å². The normalized spacial score (nSPS) is 23.0. The largest absolute Gasteiger partial charge is 0.491 e. The molecule has 20 heavy (non-hydrogen) atoms. The number of rotatable bonds is 6. The van der Waals surface area contributed by atoms with Gasteiger partial charge in [0.1, 0.15) is 5.75 Å². The van der Waals surface area contributed by atoms with Gasteiger partial charge >= 0.3 is 0 Å². The number of hydrogen-bond acceptors (Lipinski definition) is 2. The van der Waals surface area contributed by atoms with E-state index in [0.29, 0.717) is 6.04 Å². The van der Waals surface area contributed by atoms with Crippen LogP contribution in [0.25, 0.3) is 0 Å². The summed E-state index contributed by atoms with van der Waals surface area (Å²) in [5.74, 6) is 1.88. The quantitative estimate of drug-likeness (QED) is 0.823. The predicted molar refractivity (Wildman–Crippen MR) is 85.1 cm³/mol. The van der Waals surface area contributed by atoms with Gasteiger partial charge in [0.25, 0.3) is 0 Å². The summed E-state index contributed by atoms with van der Waals surface area (Å²) in [7, 11) is 0. The summed E-state index contributed by atoms with van der Waals surface area (Å²) >= 11 is 0. The summed E-state index contributed by atoms with van der Waals surface area (Å²) in [5.41, 5.74) is 1.28. The molecule has 0 aromatic heterocycles. The lowest BCUT2D eigenvalue weighted by atomic mass is 9.83. The molecule has 0 bridgehead atoms. The maximum absolute atomic E-state index is 5.90. The highest BCUT2D eigenvalue weighted by molar-refractivity contribution is 5.33. The Morgan fingerprint density at radius 2 is 1.95 bits per heavy atom. The van der Waals surface area contributed by atoms with E-state index in [-0.39, 0.29) is 6.10 Å². The molecule has 2 rings (SSSR count). The highest BCUT2D eigenvalue weighted by Gasteiger charge is 2.23. The standard InChI is InChI=1S/C18H29NO/c1-4-15-9-5-7-11-17(15)19-13-16-10-6-8-12-18(16)20-14(2)3/h6,8,10,12,14-15,17,19H,4-5,7,9,11,13H2,1-3H3. The van der Waals surface area contributed by atoms with Crippen LogP contribution < -0.4 is 10.1 Å². The molecule has 0 saturated heterocycles. The number of para-hydroxylation sites is 1. The maximum Gasteiger partial charge on any atom is 0.124 e. The summed E-state index contributed by atoms with van der Waals surface area (Å²) in [6.07, 6.45) is 7.02. The first-order valence-electron chi connectivity index (χ1n) is 8.18. The Balaban J connectivity index is 1.96. The minimum atomic E-state index is 0.231. The zero-order valence-corrected chi connectivity index (χ0v) is 13.2. The van der Waals surface area contributed by atoms with E-state index in [1.165, 1.54) is 37.7 Å². The Labute approximate surface area is 123 Å². The smallest absolute Gasteiger partial charge is 0.124 e. The van der Waals surface area contributed by atoms with E-state index in [0.717, 1.165) is 18.2 Å². The summed E-state index contributed by atoms with van der Waals surface area (Å²) < 4.78 is 5.90. The van der Waals surface area contributed by atoms with Gasteiger partial charge in [0, 0.05) is 18.2 Å². The van der Waals surface area contributed by atoms with Gasteiger partial charge in [0.2, 0.25) is 0 Å². The Kier molecular flexibility index (Phi) is 5.90. The van der Waals surface area contributed by atoms with Crippen LogP contribution in [0.15, 0.2) is 24.3 Å². The van der Waals surface area contributed by atoms with E-state index in [1.54, 1.807) is 0 Å². The molecule has 0 amide bonds. The average Bonchev–Trinajstić information content (AvgIpc) is 2.46. The van der Waals surface area contributed by atoms with Crippen LogP contribution in [0.2, 0.25) is 0 Å². The minimum Gasteiger partial charge on any atom is -0.491 e. The van der Waals surface area contributed by atoms with Crippen molar-refractivity contribution in [3.05, 3.63) is 29.8 Å². The van der Waals surface area contributed by atoms with E-state index in [2.05, 4.69) is 50.4 Å². The van der Waals surface area contributed by atoms with Gasteiger partial charge in [-0.3, -0.25) is 0 Å². The average molecular weight is 275 g/mol. The molecule has 1 saturated carbocycles. The fourth-order valence-corrected chi connectivity index (χ4v) is 3.22. The zero-order chi connectivity index (χ0) is 14.4. The highest BCUT2D eigenvalue weighted by atomic mass is 16.5. The van der Waals surface area contributed by atoms with Gasteiger partial charge in [-0.2, -0.15) is 0 Å². The van der Waals surface area contributed by atoms with Crippen LogP contribution >= 0.6 is 0 Å². The first-order chi connectivity index (χ1) is 9.70. The molecule has 1 aliphatic rings. The Morgan fingerprint density at radius 3 is 2.70 bits per heavy atom. The number of nitrogens with one attached hydrogen (secondary N) is 1. The van der Waals surface area contributed by atoms with Crippen molar-refractivity contribution in [3.63, 3.8) is 0 Å². The Morgan fingerprint density at radius 1 is 1.20 bits per heavy atom. The third-order valence-electron chi connectivity index (χ3n) is 4.32. The van der Waals surface area contributed by atoms with Crippen molar-refractivity contribution in [2.24, 2.45) is 5.92 Å². The van der Waals surface area contributed by atoms with Crippen LogP contribution in [0.5, 0.6) is 5.75 Å². The molecule has 0 spiro atoms. The predicted octanol–water partition coefficient (Wildman–Crippen LogP) is 4.53. The molecule has 2 atom stereocenters. The lowest BCUT2D eigenvalue weighted by Crippen LogP contribution is -2.37. The molecule has 0 aliphatic heterocycles. The second kappa shape index (κ2) is 7.68.